The molecule has 0 atom stereocenters. The minimum absolute atomic E-state index is 0.104. The van der Waals surface area contributed by atoms with E-state index in [1.165, 1.54) is 0 Å². The second kappa shape index (κ2) is 6.95. The van der Waals surface area contributed by atoms with Gasteiger partial charge in [0.2, 0.25) is 0 Å². The lowest BCUT2D eigenvalue weighted by Crippen LogP contribution is -2.34. The van der Waals surface area contributed by atoms with Crippen LogP contribution in [-0.4, -0.2) is 30.8 Å². The number of Topliss-reactive ketones (excluding diaryl/α,β-unsaturated/α-hetero) is 1. The van der Waals surface area contributed by atoms with E-state index in [0.29, 0.717) is 18.1 Å². The van der Waals surface area contributed by atoms with E-state index in [9.17, 15) is 4.79 Å². The van der Waals surface area contributed by atoms with Crippen LogP contribution in [0.3, 0.4) is 0 Å². The second-order valence-electron chi connectivity index (χ2n) is 5.77. The topological polar surface area (TPSA) is 20.3 Å². The molecule has 116 valence electrons. The molecule has 0 saturated carbocycles. The van der Waals surface area contributed by atoms with Crippen molar-refractivity contribution in [3.8, 4) is 0 Å². The summed E-state index contributed by atoms with van der Waals surface area (Å²) >= 11 is 6.21. The number of likely N-dealkylation sites (tertiary alicyclic amines) is 1. The lowest BCUT2D eigenvalue weighted by atomic mass is 9.94. The Hall–Kier alpha value is -2.16. The molecule has 0 spiro atoms. The maximum absolute atomic E-state index is 12.8. The number of likely N-dealkylation sites (N-methyl/N-ethyl adjacent to an activating group) is 1. The largest absolute Gasteiger partial charge is 0.298 e. The molecule has 0 N–H and O–H groups in total. The van der Waals surface area contributed by atoms with Gasteiger partial charge in [-0.15, -0.1) is 0 Å². The van der Waals surface area contributed by atoms with Gasteiger partial charge in [-0.2, -0.15) is 0 Å². The molecule has 0 aromatic heterocycles. The van der Waals surface area contributed by atoms with Crippen molar-refractivity contribution in [2.75, 3.05) is 20.1 Å². The molecule has 0 bridgehead atoms. The zero-order chi connectivity index (χ0) is 16.2. The third-order valence-corrected chi connectivity index (χ3v) is 4.18. The molecule has 0 unspecified atom stereocenters. The Kier molecular flexibility index (Phi) is 4.75. The van der Waals surface area contributed by atoms with Gasteiger partial charge in [0.15, 0.2) is 5.78 Å². The number of piperidine rings is 1. The van der Waals surface area contributed by atoms with E-state index >= 15 is 0 Å². The lowest BCUT2D eigenvalue weighted by molar-refractivity contribution is -0.113. The maximum atomic E-state index is 12.8. The monoisotopic (exact) mass is 323 g/mol. The minimum atomic E-state index is 0.104. The van der Waals surface area contributed by atoms with Crippen molar-refractivity contribution in [2.45, 2.75) is 0 Å². The van der Waals surface area contributed by atoms with Gasteiger partial charge >= 0.3 is 0 Å². The molecule has 1 heterocycles. The quantitative estimate of drug-likeness (QED) is 0.767. The summed E-state index contributed by atoms with van der Waals surface area (Å²) < 4.78 is 0. The first-order chi connectivity index (χ1) is 11.1. The van der Waals surface area contributed by atoms with E-state index < -0.39 is 0 Å². The summed E-state index contributed by atoms with van der Waals surface area (Å²) in [5.74, 6) is 0.104. The normalized spacial score (nSPS) is 19.5. The molecule has 3 heteroatoms. The summed E-state index contributed by atoms with van der Waals surface area (Å²) in [7, 11) is 2.02. The highest BCUT2D eigenvalue weighted by Gasteiger charge is 2.24. The third-order valence-electron chi connectivity index (χ3n) is 3.84. The number of halogens is 1. The van der Waals surface area contributed by atoms with Gasteiger partial charge in [-0.3, -0.25) is 9.69 Å². The van der Waals surface area contributed by atoms with Crippen LogP contribution in [0.2, 0.25) is 5.02 Å². The smallest absolute Gasteiger partial charge is 0.187 e. The first kappa shape index (κ1) is 15.7. The lowest BCUT2D eigenvalue weighted by Gasteiger charge is -2.26. The van der Waals surface area contributed by atoms with E-state index in [2.05, 4.69) is 4.90 Å². The van der Waals surface area contributed by atoms with Crippen molar-refractivity contribution in [1.29, 1.82) is 0 Å². The van der Waals surface area contributed by atoms with E-state index in [1.54, 1.807) is 0 Å². The average molecular weight is 324 g/mol. The molecule has 23 heavy (non-hydrogen) atoms. The highest BCUT2D eigenvalue weighted by molar-refractivity contribution is 6.32. The van der Waals surface area contributed by atoms with Crippen molar-refractivity contribution in [1.82, 2.24) is 4.90 Å². The molecule has 1 aliphatic heterocycles. The average Bonchev–Trinajstić information content (AvgIpc) is 2.55. The Labute approximate surface area is 141 Å². The minimum Gasteiger partial charge on any atom is -0.298 e. The summed E-state index contributed by atoms with van der Waals surface area (Å²) in [6.07, 6.45) is 3.87. The zero-order valence-corrected chi connectivity index (χ0v) is 13.8. The Morgan fingerprint density at radius 2 is 1.52 bits per heavy atom. The highest BCUT2D eigenvalue weighted by atomic mass is 35.5. The number of rotatable bonds is 2. The molecule has 3 rings (SSSR count). The predicted molar refractivity (Wildman–Crippen MR) is 96.4 cm³/mol. The summed E-state index contributed by atoms with van der Waals surface area (Å²) in [5.41, 5.74) is 3.51. The summed E-state index contributed by atoms with van der Waals surface area (Å²) in [4.78, 5) is 14.9. The molecule has 2 aromatic carbocycles. The Bertz CT molecular complexity index is 777. The van der Waals surface area contributed by atoms with Crippen LogP contribution in [0.15, 0.2) is 65.7 Å². The van der Waals surface area contributed by atoms with Crippen LogP contribution >= 0.6 is 11.6 Å². The number of benzene rings is 2. The van der Waals surface area contributed by atoms with Crippen LogP contribution in [0.4, 0.5) is 0 Å². The molecule has 1 aliphatic rings. The van der Waals surface area contributed by atoms with Gasteiger partial charge in [-0.25, -0.2) is 0 Å². The van der Waals surface area contributed by atoms with E-state index in [4.69, 9.17) is 11.6 Å². The molecular formula is C20H18ClNO. The van der Waals surface area contributed by atoms with Gasteiger partial charge in [0.25, 0.3) is 0 Å². The molecule has 0 amide bonds. The number of carbonyl (C=O) groups excluding carboxylic acids is 1. The van der Waals surface area contributed by atoms with Crippen LogP contribution in [-0.2, 0) is 4.79 Å². The van der Waals surface area contributed by atoms with Crippen molar-refractivity contribution in [3.05, 3.63) is 81.9 Å². The van der Waals surface area contributed by atoms with Crippen molar-refractivity contribution >= 4 is 29.5 Å². The number of carbonyl (C=O) groups is 1. The second-order valence-corrected chi connectivity index (χ2v) is 6.18. The first-order valence-corrected chi connectivity index (χ1v) is 7.95. The standard InChI is InChI=1S/C20H18ClNO/c1-22-13-17(11-15-7-3-2-4-8-15)20(23)18(14-22)12-16-9-5-6-10-19(16)21/h2-12H,13-14H2,1H3. The SMILES string of the molecule is CN1CC(=Cc2ccccc2)C(=O)C(=Cc2ccccc2Cl)C1. The Balaban J connectivity index is 1.95. The van der Waals surface area contributed by atoms with Gasteiger partial charge in [-0.05, 0) is 36.4 Å². The summed E-state index contributed by atoms with van der Waals surface area (Å²) in [6.45, 7) is 1.30. The zero-order valence-electron chi connectivity index (χ0n) is 13.0. The molecule has 1 saturated heterocycles. The van der Waals surface area contributed by atoms with Crippen molar-refractivity contribution in [2.24, 2.45) is 0 Å². The molecule has 2 nitrogen and oxygen atoms in total. The van der Waals surface area contributed by atoms with Gasteiger partial charge in [0.05, 0.1) is 0 Å². The summed E-state index contributed by atoms with van der Waals surface area (Å²) in [5, 5.41) is 0.662. The molecule has 1 fully saturated rings. The van der Waals surface area contributed by atoms with E-state index in [0.717, 1.165) is 22.3 Å². The number of hydrogen-bond acceptors (Lipinski definition) is 2. The van der Waals surface area contributed by atoms with E-state index in [-0.39, 0.29) is 5.78 Å². The Morgan fingerprint density at radius 1 is 0.913 bits per heavy atom. The first-order valence-electron chi connectivity index (χ1n) is 7.57. The number of ketones is 1. The van der Waals surface area contributed by atoms with Crippen LogP contribution in [0, 0.1) is 0 Å². The molecule has 0 aliphatic carbocycles. The van der Waals surface area contributed by atoms with Crippen LogP contribution in [0.5, 0.6) is 0 Å². The van der Waals surface area contributed by atoms with Gasteiger partial charge in [-0.1, -0.05) is 60.1 Å². The van der Waals surface area contributed by atoms with Gasteiger partial charge in [0, 0.05) is 29.3 Å². The summed E-state index contributed by atoms with van der Waals surface area (Å²) in [6, 6.07) is 17.5. The molecular weight excluding hydrogens is 306 g/mol. The van der Waals surface area contributed by atoms with Crippen LogP contribution in [0.1, 0.15) is 11.1 Å². The fourth-order valence-corrected chi connectivity index (χ4v) is 2.93. The highest BCUT2D eigenvalue weighted by Crippen LogP contribution is 2.24. The Morgan fingerprint density at radius 3 is 2.22 bits per heavy atom. The van der Waals surface area contributed by atoms with E-state index in [1.807, 2.05) is 73.8 Å². The third kappa shape index (κ3) is 3.79. The number of hydrogen-bond donors (Lipinski definition) is 0. The van der Waals surface area contributed by atoms with Gasteiger partial charge < -0.3 is 0 Å². The fourth-order valence-electron chi connectivity index (χ4n) is 2.74. The maximum Gasteiger partial charge on any atom is 0.187 e. The molecule has 2 aromatic rings. The van der Waals surface area contributed by atoms with Crippen molar-refractivity contribution in [3.63, 3.8) is 0 Å². The predicted octanol–water partition coefficient (Wildman–Crippen LogP) is 4.32. The van der Waals surface area contributed by atoms with Crippen LogP contribution in [0.25, 0.3) is 12.2 Å². The fraction of sp³-hybridized carbons (Fsp3) is 0.150. The number of nitrogens with zero attached hydrogens (tertiary/aromatic N) is 1. The molecule has 0 radical (unpaired) electrons. The van der Waals surface area contributed by atoms with Crippen molar-refractivity contribution < 1.29 is 4.79 Å². The van der Waals surface area contributed by atoms with Crippen LogP contribution < -0.4 is 0 Å². The van der Waals surface area contributed by atoms with Gasteiger partial charge in [0.1, 0.15) is 0 Å².